The highest BCUT2D eigenvalue weighted by Gasteiger charge is 2.46. The molecule has 0 aromatic heterocycles. The van der Waals surface area contributed by atoms with Crippen LogP contribution >= 0.6 is 0 Å². The number of nitrogens with zero attached hydrogens (tertiary/aromatic N) is 1. The minimum absolute atomic E-state index is 0.387. The van der Waals surface area contributed by atoms with Gasteiger partial charge in [0.2, 0.25) is 0 Å². The van der Waals surface area contributed by atoms with Gasteiger partial charge in [0.1, 0.15) is 6.10 Å². The Morgan fingerprint density at radius 3 is 2.50 bits per heavy atom. The zero-order chi connectivity index (χ0) is 9.35. The number of likely N-dealkylation sites (tertiary alicyclic amines) is 1. The molecular weight excluding hydrogens is 164 g/mol. The number of hydrogen-bond acceptors (Lipinski definition) is 2. The van der Waals surface area contributed by atoms with E-state index < -0.39 is 17.9 Å². The van der Waals surface area contributed by atoms with Crippen LogP contribution in [0.4, 0.5) is 8.78 Å². The summed E-state index contributed by atoms with van der Waals surface area (Å²) in [5.41, 5.74) is 0. The largest absolute Gasteiger partial charge is 0.387 e. The van der Waals surface area contributed by atoms with Gasteiger partial charge >= 0.3 is 0 Å². The lowest BCUT2D eigenvalue weighted by Crippen LogP contribution is -2.40. The summed E-state index contributed by atoms with van der Waals surface area (Å²) in [5.74, 6) is -3.60. The van der Waals surface area contributed by atoms with Crippen molar-refractivity contribution in [3.8, 4) is 0 Å². The first-order chi connectivity index (χ1) is 5.44. The van der Waals surface area contributed by atoms with Gasteiger partial charge in [0, 0.05) is 12.5 Å². The summed E-state index contributed by atoms with van der Waals surface area (Å²) in [5, 5.41) is 8.86. The first-order valence-electron chi connectivity index (χ1n) is 4.19. The van der Waals surface area contributed by atoms with Crippen LogP contribution in [0, 0.1) is 5.92 Å². The number of aliphatic hydroxyl groups is 1. The van der Waals surface area contributed by atoms with E-state index in [2.05, 4.69) is 0 Å². The van der Waals surface area contributed by atoms with Crippen LogP contribution in [0.2, 0.25) is 0 Å². The third-order valence-electron chi connectivity index (χ3n) is 2.49. The van der Waals surface area contributed by atoms with Crippen molar-refractivity contribution in [2.24, 2.45) is 5.92 Å². The summed E-state index contributed by atoms with van der Waals surface area (Å²) in [6.45, 7) is 2.24. The molecular formula is C8H15F2NO. The summed E-state index contributed by atoms with van der Waals surface area (Å²) >= 11 is 0. The molecule has 1 heterocycles. The van der Waals surface area contributed by atoms with Gasteiger partial charge in [-0.05, 0) is 26.9 Å². The van der Waals surface area contributed by atoms with Crippen LogP contribution in [-0.4, -0.2) is 42.2 Å². The van der Waals surface area contributed by atoms with Crippen LogP contribution in [0.15, 0.2) is 0 Å². The minimum Gasteiger partial charge on any atom is -0.387 e. The number of halogens is 2. The predicted molar refractivity (Wildman–Crippen MR) is 42.2 cm³/mol. The highest BCUT2D eigenvalue weighted by Crippen LogP contribution is 2.34. The van der Waals surface area contributed by atoms with Crippen molar-refractivity contribution in [1.29, 1.82) is 0 Å². The summed E-state index contributed by atoms with van der Waals surface area (Å²) in [6.07, 6.45) is -1.05. The first kappa shape index (κ1) is 9.86. The van der Waals surface area contributed by atoms with E-state index >= 15 is 0 Å². The molecule has 72 valence electrons. The van der Waals surface area contributed by atoms with Crippen LogP contribution in [0.5, 0.6) is 0 Å². The van der Waals surface area contributed by atoms with Gasteiger partial charge in [-0.3, -0.25) is 0 Å². The van der Waals surface area contributed by atoms with E-state index in [1.54, 1.807) is 0 Å². The van der Waals surface area contributed by atoms with Crippen LogP contribution in [0.25, 0.3) is 0 Å². The van der Waals surface area contributed by atoms with Crippen molar-refractivity contribution >= 4 is 0 Å². The third kappa shape index (κ3) is 1.75. The van der Waals surface area contributed by atoms with E-state index in [1.165, 1.54) is 0 Å². The fourth-order valence-corrected chi connectivity index (χ4v) is 1.59. The normalized spacial score (nSPS) is 29.2. The van der Waals surface area contributed by atoms with E-state index in [4.69, 9.17) is 5.11 Å². The highest BCUT2D eigenvalue weighted by atomic mass is 19.3. The van der Waals surface area contributed by atoms with E-state index in [-0.39, 0.29) is 0 Å². The van der Waals surface area contributed by atoms with Gasteiger partial charge in [-0.15, -0.1) is 0 Å². The van der Waals surface area contributed by atoms with E-state index in [0.29, 0.717) is 19.5 Å². The molecule has 4 heteroatoms. The lowest BCUT2D eigenvalue weighted by atomic mass is 9.97. The van der Waals surface area contributed by atoms with Crippen molar-refractivity contribution < 1.29 is 13.9 Å². The monoisotopic (exact) mass is 179 g/mol. The van der Waals surface area contributed by atoms with Crippen molar-refractivity contribution in [2.75, 3.05) is 20.1 Å². The quantitative estimate of drug-likeness (QED) is 0.682. The predicted octanol–water partition coefficient (Wildman–Crippen LogP) is 0.954. The fraction of sp³-hybridized carbons (Fsp3) is 1.00. The number of aliphatic hydroxyl groups excluding tert-OH is 1. The molecule has 1 N–H and O–H groups in total. The summed E-state index contributed by atoms with van der Waals surface area (Å²) in [4.78, 5) is 1.86. The van der Waals surface area contributed by atoms with Crippen LogP contribution in [0.1, 0.15) is 13.3 Å². The summed E-state index contributed by atoms with van der Waals surface area (Å²) < 4.78 is 26.3. The minimum atomic E-state index is -2.93. The molecule has 0 spiro atoms. The average molecular weight is 179 g/mol. The van der Waals surface area contributed by atoms with Crippen LogP contribution in [-0.2, 0) is 0 Å². The van der Waals surface area contributed by atoms with Gasteiger partial charge in [-0.2, -0.15) is 0 Å². The van der Waals surface area contributed by atoms with Crippen molar-refractivity contribution in [3.05, 3.63) is 0 Å². The van der Waals surface area contributed by atoms with Gasteiger partial charge in [-0.25, -0.2) is 8.78 Å². The van der Waals surface area contributed by atoms with Gasteiger partial charge in [-0.1, -0.05) is 0 Å². The maximum Gasteiger partial charge on any atom is 0.277 e. The fourth-order valence-electron chi connectivity index (χ4n) is 1.59. The SMILES string of the molecule is CC(O)C(F)(F)C1CCN(C)C1. The van der Waals surface area contributed by atoms with Crippen LogP contribution < -0.4 is 0 Å². The summed E-state index contributed by atoms with van der Waals surface area (Å²) in [6, 6.07) is 0. The molecule has 0 saturated carbocycles. The van der Waals surface area contributed by atoms with E-state index in [1.807, 2.05) is 11.9 Å². The topological polar surface area (TPSA) is 23.5 Å². The molecule has 1 saturated heterocycles. The second-order valence-electron chi connectivity index (χ2n) is 3.60. The zero-order valence-electron chi connectivity index (χ0n) is 7.43. The Kier molecular flexibility index (Phi) is 2.68. The standard InChI is InChI=1S/C8H15F2NO/c1-6(12)8(9,10)7-3-4-11(2)5-7/h6-7,12H,3-5H2,1-2H3. The van der Waals surface area contributed by atoms with Crippen molar-refractivity contribution in [1.82, 2.24) is 4.90 Å². The van der Waals surface area contributed by atoms with Gasteiger partial charge in [0.15, 0.2) is 0 Å². The Labute approximate surface area is 71.2 Å². The Hall–Kier alpha value is -0.220. The molecule has 2 nitrogen and oxygen atoms in total. The molecule has 0 aliphatic carbocycles. The molecule has 1 aliphatic heterocycles. The maximum atomic E-state index is 13.1. The molecule has 0 radical (unpaired) electrons. The molecule has 0 bridgehead atoms. The molecule has 0 aromatic carbocycles. The van der Waals surface area contributed by atoms with Crippen molar-refractivity contribution in [3.63, 3.8) is 0 Å². The van der Waals surface area contributed by atoms with E-state index in [9.17, 15) is 8.78 Å². The number of hydrogen-bond donors (Lipinski definition) is 1. The maximum absolute atomic E-state index is 13.1. The van der Waals surface area contributed by atoms with Crippen molar-refractivity contribution in [2.45, 2.75) is 25.4 Å². The van der Waals surface area contributed by atoms with Gasteiger partial charge in [0.05, 0.1) is 0 Å². The van der Waals surface area contributed by atoms with E-state index in [0.717, 1.165) is 6.92 Å². The Bertz CT molecular complexity index is 161. The number of rotatable bonds is 2. The number of alkyl halides is 2. The second kappa shape index (κ2) is 3.26. The lowest BCUT2D eigenvalue weighted by Gasteiger charge is -2.25. The molecule has 1 rings (SSSR count). The summed E-state index contributed by atoms with van der Waals surface area (Å²) in [7, 11) is 1.82. The smallest absolute Gasteiger partial charge is 0.277 e. The van der Waals surface area contributed by atoms with Gasteiger partial charge in [0.25, 0.3) is 5.92 Å². The molecule has 12 heavy (non-hydrogen) atoms. The average Bonchev–Trinajstić information content (AvgIpc) is 2.35. The first-order valence-corrected chi connectivity index (χ1v) is 4.19. The Morgan fingerprint density at radius 2 is 2.17 bits per heavy atom. The zero-order valence-corrected chi connectivity index (χ0v) is 7.43. The second-order valence-corrected chi connectivity index (χ2v) is 3.60. The molecule has 2 unspecified atom stereocenters. The Morgan fingerprint density at radius 1 is 1.58 bits per heavy atom. The lowest BCUT2D eigenvalue weighted by molar-refractivity contribution is -0.136. The molecule has 2 atom stereocenters. The third-order valence-corrected chi connectivity index (χ3v) is 2.49. The molecule has 1 aliphatic rings. The Balaban J connectivity index is 2.57. The molecule has 0 amide bonds. The highest BCUT2D eigenvalue weighted by molar-refractivity contribution is 4.87. The van der Waals surface area contributed by atoms with Gasteiger partial charge < -0.3 is 10.0 Å². The van der Waals surface area contributed by atoms with Crippen LogP contribution in [0.3, 0.4) is 0 Å². The molecule has 0 aromatic rings. The molecule has 1 fully saturated rings.